The molecule has 32 heavy (non-hydrogen) atoms. The lowest BCUT2D eigenvalue weighted by Crippen LogP contribution is -2.21. The molecule has 4 aromatic rings. The lowest BCUT2D eigenvalue weighted by Gasteiger charge is -2.04. The molecule has 0 bridgehead atoms. The van der Waals surface area contributed by atoms with Crippen LogP contribution in [0.3, 0.4) is 0 Å². The number of amides is 1. The van der Waals surface area contributed by atoms with Crippen LogP contribution >= 0.6 is 50.8 Å². The molecule has 3 aromatic carbocycles. The third-order valence-electron chi connectivity index (χ3n) is 4.54. The Kier molecular flexibility index (Phi) is 7.96. The number of rotatable bonds is 8. The first kappa shape index (κ1) is 23.0. The van der Waals surface area contributed by atoms with Crippen molar-refractivity contribution in [2.24, 2.45) is 5.10 Å². The van der Waals surface area contributed by atoms with Gasteiger partial charge in [0.2, 0.25) is 0 Å². The zero-order chi connectivity index (χ0) is 22.3. The Morgan fingerprint density at radius 2 is 1.78 bits per heavy atom. The van der Waals surface area contributed by atoms with Gasteiger partial charge in [-0.15, -0.1) is 10.2 Å². The normalized spacial score (nSPS) is 11.6. The standard InChI is InChI=1S/C23H19BrN4OS3/c1-15(17-8-5-10-19(24)12-17)25-26-21(29)14-31-23-28-27-22(32-23)30-13-18-9-4-7-16-6-2-3-11-20(16)18/h2-12H,13-14H2,1H3,(H,26,29)/b25-15+. The summed E-state index contributed by atoms with van der Waals surface area (Å²) in [5, 5.41) is 15.2. The van der Waals surface area contributed by atoms with Gasteiger partial charge in [-0.2, -0.15) is 5.10 Å². The Morgan fingerprint density at radius 3 is 2.62 bits per heavy atom. The summed E-state index contributed by atoms with van der Waals surface area (Å²) in [6.45, 7) is 1.86. The van der Waals surface area contributed by atoms with Crippen LogP contribution in [0.1, 0.15) is 18.1 Å². The average molecular weight is 544 g/mol. The van der Waals surface area contributed by atoms with E-state index in [1.165, 1.54) is 39.4 Å². The summed E-state index contributed by atoms with van der Waals surface area (Å²) >= 11 is 7.97. The van der Waals surface area contributed by atoms with Crippen molar-refractivity contribution >= 4 is 73.2 Å². The zero-order valence-electron chi connectivity index (χ0n) is 17.1. The highest BCUT2D eigenvalue weighted by Crippen LogP contribution is 2.32. The number of nitrogens with one attached hydrogen (secondary N) is 1. The maximum atomic E-state index is 12.2. The summed E-state index contributed by atoms with van der Waals surface area (Å²) in [5.74, 6) is 0.882. The number of hydrazone groups is 1. The first-order valence-corrected chi connectivity index (χ1v) is 13.3. The number of hydrogen-bond donors (Lipinski definition) is 1. The molecule has 0 spiro atoms. The Hall–Kier alpha value is -2.20. The van der Waals surface area contributed by atoms with E-state index in [4.69, 9.17) is 0 Å². The van der Waals surface area contributed by atoms with Crippen LogP contribution in [0.2, 0.25) is 0 Å². The van der Waals surface area contributed by atoms with Gasteiger partial charge in [-0.1, -0.05) is 105 Å². The number of nitrogens with zero attached hydrogens (tertiary/aromatic N) is 3. The number of thioether (sulfide) groups is 2. The molecule has 0 unspecified atom stereocenters. The zero-order valence-corrected chi connectivity index (χ0v) is 21.2. The van der Waals surface area contributed by atoms with Crippen molar-refractivity contribution < 1.29 is 4.79 Å². The summed E-state index contributed by atoms with van der Waals surface area (Å²) in [6.07, 6.45) is 0. The van der Waals surface area contributed by atoms with Crippen LogP contribution < -0.4 is 5.43 Å². The van der Waals surface area contributed by atoms with E-state index < -0.39 is 0 Å². The largest absolute Gasteiger partial charge is 0.272 e. The molecule has 1 aromatic heterocycles. The fourth-order valence-electron chi connectivity index (χ4n) is 2.96. The highest BCUT2D eigenvalue weighted by Gasteiger charge is 2.10. The van der Waals surface area contributed by atoms with E-state index in [1.54, 1.807) is 11.8 Å². The van der Waals surface area contributed by atoms with Gasteiger partial charge in [-0.3, -0.25) is 4.79 Å². The van der Waals surface area contributed by atoms with E-state index in [0.717, 1.165) is 30.2 Å². The van der Waals surface area contributed by atoms with Gasteiger partial charge in [-0.05, 0) is 41.0 Å². The van der Waals surface area contributed by atoms with E-state index in [1.807, 2.05) is 31.2 Å². The van der Waals surface area contributed by atoms with Crippen molar-refractivity contribution in [2.75, 3.05) is 5.75 Å². The first-order chi connectivity index (χ1) is 15.6. The summed E-state index contributed by atoms with van der Waals surface area (Å²) in [4.78, 5) is 12.2. The fourth-order valence-corrected chi connectivity index (χ4v) is 6.17. The van der Waals surface area contributed by atoms with Gasteiger partial charge in [0.15, 0.2) is 8.68 Å². The smallest absolute Gasteiger partial charge is 0.250 e. The molecule has 5 nitrogen and oxygen atoms in total. The minimum Gasteiger partial charge on any atom is -0.272 e. The van der Waals surface area contributed by atoms with Crippen molar-refractivity contribution in [1.29, 1.82) is 0 Å². The van der Waals surface area contributed by atoms with Gasteiger partial charge in [0.05, 0.1) is 11.5 Å². The van der Waals surface area contributed by atoms with Crippen LogP contribution in [0.15, 0.2) is 85.0 Å². The van der Waals surface area contributed by atoms with Crippen LogP contribution in [0.4, 0.5) is 0 Å². The molecule has 0 aliphatic carbocycles. The SMILES string of the molecule is C/C(=N\NC(=O)CSc1nnc(SCc2cccc3ccccc23)s1)c1cccc(Br)c1. The number of benzene rings is 3. The van der Waals surface area contributed by atoms with Crippen LogP contribution in [0.5, 0.6) is 0 Å². The lowest BCUT2D eigenvalue weighted by molar-refractivity contribution is -0.118. The lowest BCUT2D eigenvalue weighted by atomic mass is 10.1. The molecular formula is C23H19BrN4OS3. The number of halogens is 1. The number of carbonyl (C=O) groups is 1. The first-order valence-electron chi connectivity index (χ1n) is 9.73. The molecule has 0 saturated carbocycles. The van der Waals surface area contributed by atoms with Crippen molar-refractivity contribution in [3.05, 3.63) is 82.3 Å². The second-order valence-corrected chi connectivity index (χ2v) is 11.1. The minimum atomic E-state index is -0.176. The number of carbonyl (C=O) groups excluding carboxylic acids is 1. The van der Waals surface area contributed by atoms with E-state index in [9.17, 15) is 4.79 Å². The Morgan fingerprint density at radius 1 is 1.03 bits per heavy atom. The molecule has 1 amide bonds. The van der Waals surface area contributed by atoms with Gasteiger partial charge >= 0.3 is 0 Å². The molecule has 0 aliphatic heterocycles. The van der Waals surface area contributed by atoms with Crippen LogP contribution in [0, 0.1) is 0 Å². The molecule has 1 heterocycles. The quantitative estimate of drug-likeness (QED) is 0.159. The van der Waals surface area contributed by atoms with E-state index in [2.05, 4.69) is 79.1 Å². The maximum Gasteiger partial charge on any atom is 0.250 e. The third-order valence-corrected chi connectivity index (χ3v) is 8.27. The topological polar surface area (TPSA) is 67.2 Å². The minimum absolute atomic E-state index is 0.176. The predicted molar refractivity (Wildman–Crippen MR) is 139 cm³/mol. The molecule has 0 fully saturated rings. The van der Waals surface area contributed by atoms with Crippen LogP contribution in [-0.2, 0) is 10.5 Å². The predicted octanol–water partition coefficient (Wildman–Crippen LogP) is 6.38. The van der Waals surface area contributed by atoms with E-state index in [-0.39, 0.29) is 11.7 Å². The number of fused-ring (bicyclic) bond motifs is 1. The molecular weight excluding hydrogens is 524 g/mol. The summed E-state index contributed by atoms with van der Waals surface area (Å²) in [7, 11) is 0. The maximum absolute atomic E-state index is 12.2. The molecule has 0 atom stereocenters. The van der Waals surface area contributed by atoms with Crippen molar-refractivity contribution in [1.82, 2.24) is 15.6 Å². The van der Waals surface area contributed by atoms with Gasteiger partial charge < -0.3 is 0 Å². The molecule has 1 N–H and O–H groups in total. The second kappa shape index (κ2) is 11.1. The third kappa shape index (κ3) is 6.19. The highest BCUT2D eigenvalue weighted by atomic mass is 79.9. The Balaban J connectivity index is 1.28. The Labute approximate surface area is 207 Å². The molecule has 0 aliphatic rings. The highest BCUT2D eigenvalue weighted by molar-refractivity contribution is 9.10. The van der Waals surface area contributed by atoms with Crippen molar-refractivity contribution in [2.45, 2.75) is 21.4 Å². The molecule has 9 heteroatoms. The number of hydrogen-bond acceptors (Lipinski definition) is 7. The Bertz CT molecular complexity index is 1270. The molecule has 0 radical (unpaired) electrons. The van der Waals surface area contributed by atoms with Gasteiger partial charge in [0.25, 0.3) is 5.91 Å². The van der Waals surface area contributed by atoms with Gasteiger partial charge in [0.1, 0.15) is 0 Å². The summed E-state index contributed by atoms with van der Waals surface area (Å²) < 4.78 is 2.63. The number of aromatic nitrogens is 2. The van der Waals surface area contributed by atoms with Gasteiger partial charge in [0, 0.05) is 10.2 Å². The van der Waals surface area contributed by atoms with Crippen LogP contribution in [-0.4, -0.2) is 27.6 Å². The second-order valence-electron chi connectivity index (χ2n) is 6.79. The van der Waals surface area contributed by atoms with Crippen molar-refractivity contribution in [3.63, 3.8) is 0 Å². The molecule has 0 saturated heterocycles. The molecule has 4 rings (SSSR count). The summed E-state index contributed by atoms with van der Waals surface area (Å²) in [6, 6.07) is 22.5. The van der Waals surface area contributed by atoms with Crippen molar-refractivity contribution in [3.8, 4) is 0 Å². The molecule has 162 valence electrons. The van der Waals surface area contributed by atoms with E-state index >= 15 is 0 Å². The average Bonchev–Trinajstić information content (AvgIpc) is 3.27. The monoisotopic (exact) mass is 542 g/mol. The fraction of sp³-hybridized carbons (Fsp3) is 0.130. The van der Waals surface area contributed by atoms with Gasteiger partial charge in [-0.25, -0.2) is 5.43 Å². The summed E-state index contributed by atoms with van der Waals surface area (Å²) in [5.41, 5.74) is 5.57. The van der Waals surface area contributed by atoms with E-state index in [0.29, 0.717) is 0 Å². The van der Waals surface area contributed by atoms with Crippen LogP contribution in [0.25, 0.3) is 10.8 Å².